The van der Waals surface area contributed by atoms with E-state index in [0.717, 1.165) is 32.1 Å². The van der Waals surface area contributed by atoms with Gasteiger partial charge in [0.15, 0.2) is 0 Å². The highest BCUT2D eigenvalue weighted by Gasteiger charge is 2.43. The predicted octanol–water partition coefficient (Wildman–Crippen LogP) is 2.65. The van der Waals surface area contributed by atoms with Crippen molar-refractivity contribution in [2.45, 2.75) is 85.0 Å². The van der Waals surface area contributed by atoms with Crippen LogP contribution in [0.1, 0.15) is 66.7 Å². The van der Waals surface area contributed by atoms with E-state index >= 15 is 0 Å². The lowest BCUT2D eigenvalue weighted by Crippen LogP contribution is -2.53. The molecule has 2 heterocycles. The monoisotopic (exact) mass is 394 g/mol. The Morgan fingerprint density at radius 2 is 1.50 bits per heavy atom. The molecule has 1 aliphatic carbocycles. The Morgan fingerprint density at radius 3 is 2.04 bits per heavy atom. The molecule has 2 aliphatic heterocycles. The van der Waals surface area contributed by atoms with Gasteiger partial charge >= 0.3 is 0 Å². The fraction of sp³-hybridized carbons (Fsp3) is 0.909. The van der Waals surface area contributed by atoms with Gasteiger partial charge in [-0.2, -0.15) is 0 Å². The summed E-state index contributed by atoms with van der Waals surface area (Å²) in [6.45, 7) is 12.8. The fourth-order valence-corrected chi connectivity index (χ4v) is 5.62. The van der Waals surface area contributed by atoms with Crippen molar-refractivity contribution in [2.24, 2.45) is 22.7 Å². The van der Waals surface area contributed by atoms with Crippen LogP contribution in [0.2, 0.25) is 0 Å². The van der Waals surface area contributed by atoms with Crippen molar-refractivity contribution in [1.29, 1.82) is 0 Å². The van der Waals surface area contributed by atoms with E-state index in [0.29, 0.717) is 19.8 Å². The van der Waals surface area contributed by atoms with E-state index in [1.807, 2.05) is 0 Å². The van der Waals surface area contributed by atoms with E-state index in [9.17, 15) is 9.59 Å². The van der Waals surface area contributed by atoms with Gasteiger partial charge in [-0.3, -0.25) is 9.59 Å². The number of hydrogen-bond acceptors (Lipinski definition) is 4. The second-order valence-electron chi connectivity index (χ2n) is 10.6. The molecule has 0 spiro atoms. The van der Waals surface area contributed by atoms with Crippen molar-refractivity contribution in [3.05, 3.63) is 0 Å². The molecule has 2 N–H and O–H groups in total. The number of hydrogen-bond donors (Lipinski definition) is 2. The highest BCUT2D eigenvalue weighted by Crippen LogP contribution is 2.46. The Balaban J connectivity index is 1.58. The number of carbonyl (C=O) groups is 2. The number of ether oxygens (including phenoxy) is 2. The van der Waals surface area contributed by atoms with E-state index in [1.54, 1.807) is 0 Å². The van der Waals surface area contributed by atoms with Crippen molar-refractivity contribution in [1.82, 2.24) is 10.6 Å². The molecule has 28 heavy (non-hydrogen) atoms. The maximum Gasteiger partial charge on any atom is 0.249 e. The summed E-state index contributed by atoms with van der Waals surface area (Å²) in [6, 6.07) is 0.108. The van der Waals surface area contributed by atoms with Gasteiger partial charge in [-0.15, -0.1) is 0 Å². The average molecular weight is 395 g/mol. The SMILES string of the molecule is C[C@@H]1CCO[C@@H]1C(=O)NC[C@]1(C)C[C@H](NC(=O)[C@H]2OCC[C@H]2C)CC(C)(C)C1. The maximum atomic E-state index is 12.7. The summed E-state index contributed by atoms with van der Waals surface area (Å²) in [5.41, 5.74) is 0.0499. The molecule has 3 aliphatic rings. The molecule has 160 valence electrons. The molecule has 0 unspecified atom stereocenters. The van der Waals surface area contributed by atoms with Gasteiger partial charge in [0.25, 0.3) is 0 Å². The number of rotatable bonds is 5. The standard InChI is InChI=1S/C22H38N2O4/c1-14-6-8-27-17(14)19(25)23-13-22(5)11-16(10-21(3,4)12-22)24-20(26)18-15(2)7-9-28-18/h14-18H,6-13H2,1-5H3,(H,23,25)(H,24,26)/t14-,15-,16-,17+,18+,22-/m1/s1. The first-order chi connectivity index (χ1) is 13.1. The highest BCUT2D eigenvalue weighted by atomic mass is 16.5. The minimum absolute atomic E-state index is 0.00312. The van der Waals surface area contributed by atoms with Crippen LogP contribution in [0.25, 0.3) is 0 Å². The molecule has 3 fully saturated rings. The molecule has 2 amide bonds. The van der Waals surface area contributed by atoms with Crippen molar-refractivity contribution >= 4 is 11.8 Å². The van der Waals surface area contributed by atoms with E-state index < -0.39 is 0 Å². The second kappa shape index (κ2) is 8.31. The van der Waals surface area contributed by atoms with E-state index in [4.69, 9.17) is 9.47 Å². The van der Waals surface area contributed by atoms with Crippen LogP contribution in [-0.4, -0.2) is 49.8 Å². The average Bonchev–Trinajstić information content (AvgIpc) is 3.19. The van der Waals surface area contributed by atoms with Crippen molar-refractivity contribution in [3.63, 3.8) is 0 Å². The molecule has 0 radical (unpaired) electrons. The van der Waals surface area contributed by atoms with E-state index in [2.05, 4.69) is 45.3 Å². The van der Waals surface area contributed by atoms with Crippen LogP contribution in [0.3, 0.4) is 0 Å². The molecule has 1 saturated carbocycles. The fourth-order valence-electron chi connectivity index (χ4n) is 5.62. The van der Waals surface area contributed by atoms with Crippen molar-refractivity contribution in [2.75, 3.05) is 19.8 Å². The van der Waals surface area contributed by atoms with Crippen LogP contribution in [0.5, 0.6) is 0 Å². The molecule has 0 aromatic heterocycles. The third-order valence-corrected chi connectivity index (χ3v) is 6.77. The Bertz CT molecular complexity index is 593. The van der Waals surface area contributed by atoms with Gasteiger partial charge in [-0.1, -0.05) is 34.6 Å². The quantitative estimate of drug-likeness (QED) is 0.752. The van der Waals surface area contributed by atoms with Crippen LogP contribution in [0.4, 0.5) is 0 Å². The number of amides is 2. The Labute approximate surface area is 169 Å². The molecular weight excluding hydrogens is 356 g/mol. The summed E-state index contributed by atoms with van der Waals surface area (Å²) in [5, 5.41) is 6.39. The van der Waals surface area contributed by atoms with Gasteiger partial charge in [0.2, 0.25) is 11.8 Å². The van der Waals surface area contributed by atoms with Crippen LogP contribution in [-0.2, 0) is 19.1 Å². The summed E-state index contributed by atoms with van der Waals surface area (Å²) >= 11 is 0. The normalized spacial score (nSPS) is 40.2. The smallest absolute Gasteiger partial charge is 0.249 e. The Kier molecular flexibility index (Phi) is 6.40. The number of carbonyl (C=O) groups excluding carboxylic acids is 2. The molecule has 3 rings (SSSR count). The summed E-state index contributed by atoms with van der Waals surface area (Å²) in [7, 11) is 0. The topological polar surface area (TPSA) is 76.7 Å². The lowest BCUT2D eigenvalue weighted by Gasteiger charge is -2.47. The lowest BCUT2D eigenvalue weighted by molar-refractivity contribution is -0.134. The molecule has 6 nitrogen and oxygen atoms in total. The van der Waals surface area contributed by atoms with Crippen LogP contribution in [0, 0.1) is 22.7 Å². The Morgan fingerprint density at radius 1 is 0.929 bits per heavy atom. The zero-order valence-electron chi connectivity index (χ0n) is 18.2. The first kappa shape index (κ1) is 21.6. The largest absolute Gasteiger partial charge is 0.368 e. The highest BCUT2D eigenvalue weighted by molar-refractivity contribution is 5.82. The van der Waals surface area contributed by atoms with Gasteiger partial charge in [0.05, 0.1) is 0 Å². The van der Waals surface area contributed by atoms with Gasteiger partial charge in [-0.25, -0.2) is 0 Å². The summed E-state index contributed by atoms with van der Waals surface area (Å²) in [5.74, 6) is 0.572. The first-order valence-corrected chi connectivity index (χ1v) is 10.9. The molecule has 0 bridgehead atoms. The van der Waals surface area contributed by atoms with Gasteiger partial charge in [-0.05, 0) is 54.8 Å². The molecular formula is C22H38N2O4. The molecule has 2 saturated heterocycles. The maximum absolute atomic E-state index is 12.7. The van der Waals surface area contributed by atoms with Crippen LogP contribution in [0.15, 0.2) is 0 Å². The predicted molar refractivity (Wildman–Crippen MR) is 108 cm³/mol. The number of nitrogens with one attached hydrogen (secondary N) is 2. The zero-order valence-corrected chi connectivity index (χ0v) is 18.2. The van der Waals surface area contributed by atoms with Crippen molar-refractivity contribution < 1.29 is 19.1 Å². The van der Waals surface area contributed by atoms with E-state index in [-0.39, 0.29) is 52.7 Å². The van der Waals surface area contributed by atoms with Crippen LogP contribution >= 0.6 is 0 Å². The molecule has 0 aromatic carbocycles. The van der Waals surface area contributed by atoms with Crippen LogP contribution < -0.4 is 10.6 Å². The molecule has 6 heteroatoms. The van der Waals surface area contributed by atoms with Crippen molar-refractivity contribution in [3.8, 4) is 0 Å². The summed E-state index contributed by atoms with van der Waals surface area (Å²) < 4.78 is 11.2. The summed E-state index contributed by atoms with van der Waals surface area (Å²) in [4.78, 5) is 25.2. The zero-order chi connectivity index (χ0) is 20.5. The summed E-state index contributed by atoms with van der Waals surface area (Å²) in [6.07, 6.45) is 4.08. The Hall–Kier alpha value is -1.14. The second-order valence-corrected chi connectivity index (χ2v) is 10.6. The third kappa shape index (κ3) is 5.07. The van der Waals surface area contributed by atoms with Gasteiger partial charge < -0.3 is 20.1 Å². The lowest BCUT2D eigenvalue weighted by atomic mass is 9.62. The van der Waals surface area contributed by atoms with E-state index in [1.165, 1.54) is 0 Å². The third-order valence-electron chi connectivity index (χ3n) is 6.77. The van der Waals surface area contributed by atoms with Gasteiger partial charge in [0.1, 0.15) is 12.2 Å². The van der Waals surface area contributed by atoms with Gasteiger partial charge in [0, 0.05) is 25.8 Å². The molecule has 0 aromatic rings. The first-order valence-electron chi connectivity index (χ1n) is 10.9. The minimum Gasteiger partial charge on any atom is -0.368 e. The minimum atomic E-state index is -0.322. The molecule has 6 atom stereocenters.